The van der Waals surface area contributed by atoms with Crippen molar-refractivity contribution in [1.82, 2.24) is 4.98 Å². The van der Waals surface area contributed by atoms with Gasteiger partial charge in [-0.1, -0.05) is 17.7 Å². The second-order valence-corrected chi connectivity index (χ2v) is 4.28. The molecule has 0 aliphatic heterocycles. The van der Waals surface area contributed by atoms with Crippen molar-refractivity contribution in [3.63, 3.8) is 0 Å². The van der Waals surface area contributed by atoms with Crippen molar-refractivity contribution < 1.29 is 9.18 Å². The molecule has 19 heavy (non-hydrogen) atoms. The number of anilines is 2. The minimum absolute atomic E-state index is 0.371. The van der Waals surface area contributed by atoms with Crippen LogP contribution in [0, 0.1) is 12.7 Å². The normalized spacial score (nSPS) is 10.1. The number of urea groups is 1. The molecule has 6 heteroatoms. The molecule has 1 heterocycles. The van der Waals surface area contributed by atoms with E-state index in [-0.39, 0.29) is 0 Å². The number of nitrogens with one attached hydrogen (secondary N) is 2. The number of amides is 2. The van der Waals surface area contributed by atoms with Crippen LogP contribution < -0.4 is 10.6 Å². The van der Waals surface area contributed by atoms with Crippen LogP contribution in [0.2, 0.25) is 5.15 Å². The zero-order valence-corrected chi connectivity index (χ0v) is 10.8. The maximum atomic E-state index is 12.9. The summed E-state index contributed by atoms with van der Waals surface area (Å²) in [6.07, 6.45) is 1.44. The quantitative estimate of drug-likeness (QED) is 0.821. The average Bonchev–Trinajstić information content (AvgIpc) is 2.34. The standard InChI is InChI=1S/C13H11ClFN3O/c1-8-5-11(7-16-12(8)14)18-13(19)17-10-4-2-3-9(15)6-10/h2-7H,1H3,(H2,17,18,19). The number of halogens is 2. The van der Waals surface area contributed by atoms with Gasteiger partial charge in [-0.15, -0.1) is 0 Å². The highest BCUT2D eigenvalue weighted by molar-refractivity contribution is 6.30. The lowest BCUT2D eigenvalue weighted by Gasteiger charge is -2.08. The van der Waals surface area contributed by atoms with Crippen molar-refractivity contribution >= 4 is 29.0 Å². The second kappa shape index (κ2) is 5.67. The number of nitrogens with zero attached hydrogens (tertiary/aromatic N) is 1. The molecular weight excluding hydrogens is 269 g/mol. The predicted molar refractivity (Wildman–Crippen MR) is 73.0 cm³/mol. The second-order valence-electron chi connectivity index (χ2n) is 3.92. The molecule has 2 amide bonds. The molecular formula is C13H11ClFN3O. The van der Waals surface area contributed by atoms with Crippen molar-refractivity contribution in [3.8, 4) is 0 Å². The highest BCUT2D eigenvalue weighted by Gasteiger charge is 2.05. The first-order valence-corrected chi connectivity index (χ1v) is 5.88. The van der Waals surface area contributed by atoms with Crippen LogP contribution in [0.3, 0.4) is 0 Å². The van der Waals surface area contributed by atoms with E-state index in [1.54, 1.807) is 19.1 Å². The van der Waals surface area contributed by atoms with Crippen LogP contribution in [-0.2, 0) is 0 Å². The number of aromatic nitrogens is 1. The Balaban J connectivity index is 2.03. The van der Waals surface area contributed by atoms with Gasteiger partial charge >= 0.3 is 6.03 Å². The SMILES string of the molecule is Cc1cc(NC(=O)Nc2cccc(F)c2)cnc1Cl. The summed E-state index contributed by atoms with van der Waals surface area (Å²) >= 11 is 5.78. The zero-order valence-electron chi connectivity index (χ0n) is 10.1. The molecule has 0 unspecified atom stereocenters. The Morgan fingerprint density at radius 1 is 1.26 bits per heavy atom. The number of carbonyl (C=O) groups excluding carboxylic acids is 1. The predicted octanol–water partition coefficient (Wildman–Crippen LogP) is 3.83. The number of rotatable bonds is 2. The molecule has 1 aromatic carbocycles. The lowest BCUT2D eigenvalue weighted by molar-refractivity contribution is 0.262. The fraction of sp³-hybridized carbons (Fsp3) is 0.0769. The van der Waals surface area contributed by atoms with E-state index in [2.05, 4.69) is 15.6 Å². The Kier molecular flexibility index (Phi) is 3.97. The first-order valence-electron chi connectivity index (χ1n) is 5.50. The fourth-order valence-electron chi connectivity index (χ4n) is 1.49. The largest absolute Gasteiger partial charge is 0.323 e. The van der Waals surface area contributed by atoms with Crippen molar-refractivity contribution in [2.24, 2.45) is 0 Å². The number of hydrogen-bond acceptors (Lipinski definition) is 2. The molecule has 0 spiro atoms. The van der Waals surface area contributed by atoms with Crippen LogP contribution in [0.1, 0.15) is 5.56 Å². The minimum atomic E-state index is -0.478. The Hall–Kier alpha value is -2.14. The smallest absolute Gasteiger partial charge is 0.308 e. The topological polar surface area (TPSA) is 54.0 Å². The molecule has 0 aliphatic carbocycles. The highest BCUT2D eigenvalue weighted by atomic mass is 35.5. The summed E-state index contributed by atoms with van der Waals surface area (Å²) in [5, 5.41) is 5.48. The van der Waals surface area contributed by atoms with Crippen molar-refractivity contribution in [3.05, 3.63) is 53.1 Å². The molecule has 1 aromatic heterocycles. The van der Waals surface area contributed by atoms with Crippen LogP contribution in [0.4, 0.5) is 20.6 Å². The highest BCUT2D eigenvalue weighted by Crippen LogP contribution is 2.16. The molecule has 0 radical (unpaired) electrons. The summed E-state index contributed by atoms with van der Waals surface area (Å²) in [4.78, 5) is 15.6. The van der Waals surface area contributed by atoms with Gasteiger partial charge in [0.15, 0.2) is 0 Å². The average molecular weight is 280 g/mol. The van der Waals surface area contributed by atoms with Gasteiger partial charge < -0.3 is 10.6 Å². The monoisotopic (exact) mass is 279 g/mol. The van der Waals surface area contributed by atoms with Gasteiger partial charge in [-0.05, 0) is 36.8 Å². The number of carbonyl (C=O) groups is 1. The van der Waals surface area contributed by atoms with Crippen LogP contribution in [0.15, 0.2) is 36.5 Å². The Bertz CT molecular complexity index is 619. The third-order valence-corrected chi connectivity index (χ3v) is 2.75. The third kappa shape index (κ3) is 3.66. The summed E-state index contributed by atoms with van der Waals surface area (Å²) in [7, 11) is 0. The third-order valence-electron chi connectivity index (χ3n) is 2.35. The number of pyridine rings is 1. The van der Waals surface area contributed by atoms with Crippen LogP contribution in [-0.4, -0.2) is 11.0 Å². The van der Waals surface area contributed by atoms with Crippen molar-refractivity contribution in [2.75, 3.05) is 10.6 Å². The molecule has 0 aliphatic rings. The molecule has 0 atom stereocenters. The molecule has 2 rings (SSSR count). The summed E-state index contributed by atoms with van der Waals surface area (Å²) < 4.78 is 12.9. The van der Waals surface area contributed by atoms with Gasteiger partial charge in [0.2, 0.25) is 0 Å². The first kappa shape index (κ1) is 13.3. The van der Waals surface area contributed by atoms with Crippen LogP contribution in [0.25, 0.3) is 0 Å². The lowest BCUT2D eigenvalue weighted by Crippen LogP contribution is -2.19. The Labute approximate surface area is 114 Å². The Morgan fingerprint density at radius 3 is 2.68 bits per heavy atom. The molecule has 2 N–H and O–H groups in total. The molecule has 0 saturated heterocycles. The van der Waals surface area contributed by atoms with Gasteiger partial charge in [-0.2, -0.15) is 0 Å². The molecule has 4 nitrogen and oxygen atoms in total. The lowest BCUT2D eigenvalue weighted by atomic mass is 10.3. The summed E-state index contributed by atoms with van der Waals surface area (Å²) in [5.74, 6) is -0.415. The molecule has 2 aromatic rings. The van der Waals surface area contributed by atoms with Gasteiger partial charge in [0, 0.05) is 5.69 Å². The summed E-state index contributed by atoms with van der Waals surface area (Å²) in [6, 6.07) is 6.85. The first-order chi connectivity index (χ1) is 9.04. The number of aryl methyl sites for hydroxylation is 1. The van der Waals surface area contributed by atoms with E-state index < -0.39 is 11.8 Å². The van der Waals surface area contributed by atoms with E-state index in [1.165, 1.54) is 24.4 Å². The molecule has 0 bridgehead atoms. The molecule has 98 valence electrons. The molecule has 0 saturated carbocycles. The van der Waals surface area contributed by atoms with Crippen LogP contribution >= 0.6 is 11.6 Å². The van der Waals surface area contributed by atoms with Crippen molar-refractivity contribution in [1.29, 1.82) is 0 Å². The molecule has 0 fully saturated rings. The zero-order chi connectivity index (χ0) is 13.8. The van der Waals surface area contributed by atoms with E-state index in [4.69, 9.17) is 11.6 Å². The van der Waals surface area contributed by atoms with E-state index in [9.17, 15) is 9.18 Å². The van der Waals surface area contributed by atoms with Gasteiger partial charge in [0.25, 0.3) is 0 Å². The number of benzene rings is 1. The van der Waals surface area contributed by atoms with Gasteiger partial charge in [0.1, 0.15) is 11.0 Å². The van der Waals surface area contributed by atoms with Gasteiger partial charge in [-0.25, -0.2) is 14.2 Å². The minimum Gasteiger partial charge on any atom is -0.308 e. The van der Waals surface area contributed by atoms with Crippen LogP contribution in [0.5, 0.6) is 0 Å². The number of hydrogen-bond donors (Lipinski definition) is 2. The summed E-state index contributed by atoms with van der Waals surface area (Å²) in [6.45, 7) is 1.78. The summed E-state index contributed by atoms with van der Waals surface area (Å²) in [5.41, 5.74) is 1.64. The maximum Gasteiger partial charge on any atom is 0.323 e. The van der Waals surface area contributed by atoms with E-state index in [1.807, 2.05) is 0 Å². The van der Waals surface area contributed by atoms with E-state index in [0.29, 0.717) is 16.5 Å². The Morgan fingerprint density at radius 2 is 2.00 bits per heavy atom. The maximum absolute atomic E-state index is 12.9. The van der Waals surface area contributed by atoms with Crippen molar-refractivity contribution in [2.45, 2.75) is 6.92 Å². The van der Waals surface area contributed by atoms with E-state index >= 15 is 0 Å². The van der Waals surface area contributed by atoms with Gasteiger partial charge in [-0.3, -0.25) is 0 Å². The fourth-order valence-corrected chi connectivity index (χ4v) is 1.59. The van der Waals surface area contributed by atoms with E-state index in [0.717, 1.165) is 5.56 Å². The van der Waals surface area contributed by atoms with Gasteiger partial charge in [0.05, 0.1) is 11.9 Å².